The highest BCUT2D eigenvalue weighted by Crippen LogP contribution is 2.26. The average Bonchev–Trinajstić information content (AvgIpc) is 3.02. The van der Waals surface area contributed by atoms with Crippen LogP contribution in [0.5, 0.6) is 0 Å². The number of nitrogens with one attached hydrogen (secondary N) is 1. The Morgan fingerprint density at radius 1 is 1.29 bits per heavy atom. The average molecular weight is 357 g/mol. The minimum atomic E-state index is -2.89. The summed E-state index contributed by atoms with van der Waals surface area (Å²) in [5, 5.41) is 4.67. The summed E-state index contributed by atoms with van der Waals surface area (Å²) in [6.07, 6.45) is 4.67. The normalized spacial score (nSPS) is 28.1. The summed E-state index contributed by atoms with van der Waals surface area (Å²) < 4.78 is 31.3. The predicted molar refractivity (Wildman–Crippen MR) is 93.1 cm³/mol. The van der Waals surface area contributed by atoms with Crippen molar-refractivity contribution in [3.8, 4) is 0 Å². The third kappa shape index (κ3) is 4.00. The smallest absolute Gasteiger partial charge is 0.152 e. The van der Waals surface area contributed by atoms with Gasteiger partial charge in [-0.3, -0.25) is 4.68 Å². The van der Waals surface area contributed by atoms with Crippen LogP contribution in [0, 0.1) is 13.8 Å². The third-order valence-electron chi connectivity index (χ3n) is 5.36. The van der Waals surface area contributed by atoms with Crippen LogP contribution in [0.4, 0.5) is 0 Å². The largest absolute Gasteiger partial charge is 0.372 e. The lowest BCUT2D eigenvalue weighted by Gasteiger charge is -2.25. The molecule has 3 rings (SSSR count). The molecule has 1 aromatic heterocycles. The fraction of sp³-hybridized carbons (Fsp3) is 0.824. The van der Waals surface area contributed by atoms with E-state index < -0.39 is 9.84 Å². The van der Waals surface area contributed by atoms with Crippen LogP contribution >= 0.6 is 0 Å². The first-order valence-electron chi connectivity index (χ1n) is 9.03. The Morgan fingerprint density at radius 2 is 2.08 bits per heavy atom. The van der Waals surface area contributed by atoms with Gasteiger partial charge in [0, 0.05) is 12.3 Å². The van der Waals surface area contributed by atoms with E-state index in [1.165, 1.54) is 23.3 Å². The monoisotopic (exact) mass is 356 g/mol. The SMILES string of the molecule is Cc1nn([C@H]2CCS(=O)(=O)C2)c(C)c1C[NH+](C)C[C@@H]1CCCCO1. The Kier molecular flexibility index (Phi) is 5.32. The minimum Gasteiger partial charge on any atom is -0.372 e. The molecule has 24 heavy (non-hydrogen) atoms. The van der Waals surface area contributed by atoms with Gasteiger partial charge < -0.3 is 9.64 Å². The topological polar surface area (TPSA) is 65.6 Å². The lowest BCUT2D eigenvalue weighted by Crippen LogP contribution is -3.09. The summed E-state index contributed by atoms with van der Waals surface area (Å²) in [6.45, 7) is 6.93. The second-order valence-corrected chi connectivity index (χ2v) is 9.71. The van der Waals surface area contributed by atoms with Crippen molar-refractivity contribution in [3.05, 3.63) is 17.0 Å². The molecule has 0 radical (unpaired) electrons. The molecule has 0 bridgehead atoms. The Morgan fingerprint density at radius 3 is 2.71 bits per heavy atom. The first-order chi connectivity index (χ1) is 11.4. The zero-order chi connectivity index (χ0) is 17.3. The lowest BCUT2D eigenvalue weighted by molar-refractivity contribution is -0.897. The molecule has 2 fully saturated rings. The van der Waals surface area contributed by atoms with Crippen molar-refractivity contribution in [3.63, 3.8) is 0 Å². The van der Waals surface area contributed by atoms with Crippen LogP contribution in [0.1, 0.15) is 48.7 Å². The molecule has 2 aliphatic rings. The second-order valence-electron chi connectivity index (χ2n) is 7.48. The number of aryl methyl sites for hydroxylation is 1. The van der Waals surface area contributed by atoms with Gasteiger partial charge in [-0.15, -0.1) is 0 Å². The molecule has 3 heterocycles. The lowest BCUT2D eigenvalue weighted by atomic mass is 10.1. The molecule has 0 saturated carbocycles. The summed E-state index contributed by atoms with van der Waals surface area (Å²) in [5.74, 6) is 0.516. The number of likely N-dealkylation sites (N-methyl/N-ethyl adjacent to an activating group) is 1. The van der Waals surface area contributed by atoms with Gasteiger partial charge in [-0.05, 0) is 39.5 Å². The Bertz CT molecular complexity index is 677. The number of aromatic nitrogens is 2. The number of ether oxygens (including phenoxy) is 1. The molecule has 6 nitrogen and oxygen atoms in total. The maximum absolute atomic E-state index is 11.8. The van der Waals surface area contributed by atoms with Crippen LogP contribution in [0.2, 0.25) is 0 Å². The highest BCUT2D eigenvalue weighted by molar-refractivity contribution is 7.91. The van der Waals surface area contributed by atoms with Gasteiger partial charge >= 0.3 is 0 Å². The highest BCUT2D eigenvalue weighted by Gasteiger charge is 2.32. The van der Waals surface area contributed by atoms with Gasteiger partial charge in [-0.25, -0.2) is 8.42 Å². The fourth-order valence-corrected chi connectivity index (χ4v) is 5.70. The van der Waals surface area contributed by atoms with Crippen LogP contribution < -0.4 is 4.90 Å². The van der Waals surface area contributed by atoms with Crippen molar-refractivity contribution < 1.29 is 18.1 Å². The van der Waals surface area contributed by atoms with E-state index in [9.17, 15) is 8.42 Å². The maximum atomic E-state index is 11.8. The molecule has 0 aromatic carbocycles. The summed E-state index contributed by atoms with van der Waals surface area (Å²) in [7, 11) is -0.686. The van der Waals surface area contributed by atoms with Crippen molar-refractivity contribution in [2.45, 2.75) is 58.2 Å². The fourth-order valence-electron chi connectivity index (χ4n) is 4.01. The van der Waals surface area contributed by atoms with Crippen LogP contribution in [0.15, 0.2) is 0 Å². The number of hydrogen-bond donors (Lipinski definition) is 1. The molecule has 2 aliphatic heterocycles. The van der Waals surface area contributed by atoms with Gasteiger partial charge in [-0.2, -0.15) is 5.10 Å². The zero-order valence-electron chi connectivity index (χ0n) is 15.0. The van der Waals surface area contributed by atoms with Gasteiger partial charge in [0.1, 0.15) is 19.2 Å². The molecule has 0 aliphatic carbocycles. The molecule has 7 heteroatoms. The van der Waals surface area contributed by atoms with Gasteiger partial charge in [0.2, 0.25) is 0 Å². The summed E-state index contributed by atoms with van der Waals surface area (Å²) in [4.78, 5) is 1.42. The quantitative estimate of drug-likeness (QED) is 0.832. The molecule has 0 spiro atoms. The van der Waals surface area contributed by atoms with E-state index in [2.05, 4.69) is 19.1 Å². The standard InChI is InChI=1S/C17H29N3O3S/c1-13-17(11-19(3)10-16-6-4-5-8-23-16)14(2)20(18-13)15-7-9-24(21,22)12-15/h15-16H,4-12H2,1-3H3/p+1/t15-,16-/m0/s1. The predicted octanol–water partition coefficient (Wildman–Crippen LogP) is 0.443. The molecule has 136 valence electrons. The van der Waals surface area contributed by atoms with Crippen molar-refractivity contribution in [2.75, 3.05) is 31.7 Å². The van der Waals surface area contributed by atoms with Crippen LogP contribution in [-0.4, -0.2) is 56.0 Å². The number of hydrogen-bond acceptors (Lipinski definition) is 4. The molecular weight excluding hydrogens is 326 g/mol. The molecular formula is C17H30N3O3S+. The number of nitrogens with zero attached hydrogens (tertiary/aromatic N) is 2. The van der Waals surface area contributed by atoms with E-state index in [1.54, 1.807) is 0 Å². The number of sulfone groups is 1. The van der Waals surface area contributed by atoms with Crippen LogP contribution in [-0.2, 0) is 21.1 Å². The first-order valence-corrected chi connectivity index (χ1v) is 10.9. The van der Waals surface area contributed by atoms with E-state index in [-0.39, 0.29) is 17.5 Å². The first kappa shape index (κ1) is 17.9. The van der Waals surface area contributed by atoms with E-state index in [0.29, 0.717) is 12.5 Å². The molecule has 2 saturated heterocycles. The zero-order valence-corrected chi connectivity index (χ0v) is 15.9. The van der Waals surface area contributed by atoms with Gasteiger partial charge in [0.15, 0.2) is 9.84 Å². The second kappa shape index (κ2) is 7.14. The minimum absolute atomic E-state index is 0.00411. The van der Waals surface area contributed by atoms with E-state index in [1.807, 2.05) is 11.6 Å². The number of rotatable bonds is 5. The van der Waals surface area contributed by atoms with Gasteiger partial charge in [-0.1, -0.05) is 0 Å². The van der Waals surface area contributed by atoms with Crippen LogP contribution in [0.25, 0.3) is 0 Å². The van der Waals surface area contributed by atoms with Crippen molar-refractivity contribution in [1.29, 1.82) is 0 Å². The van der Waals surface area contributed by atoms with E-state index in [4.69, 9.17) is 4.74 Å². The van der Waals surface area contributed by atoms with Crippen molar-refractivity contribution >= 4 is 9.84 Å². The highest BCUT2D eigenvalue weighted by atomic mass is 32.2. The van der Waals surface area contributed by atoms with E-state index >= 15 is 0 Å². The Labute approximate surface area is 145 Å². The summed E-state index contributed by atoms with van der Waals surface area (Å²) in [5.41, 5.74) is 3.41. The summed E-state index contributed by atoms with van der Waals surface area (Å²) in [6, 6.07) is 0.00411. The summed E-state index contributed by atoms with van der Waals surface area (Å²) >= 11 is 0. The molecule has 0 amide bonds. The Balaban J connectivity index is 1.67. The van der Waals surface area contributed by atoms with Gasteiger partial charge in [0.25, 0.3) is 0 Å². The molecule has 1 unspecified atom stereocenters. The maximum Gasteiger partial charge on any atom is 0.152 e. The number of quaternary nitrogens is 1. The molecule has 1 N–H and O–H groups in total. The van der Waals surface area contributed by atoms with Gasteiger partial charge in [0.05, 0.1) is 35.9 Å². The van der Waals surface area contributed by atoms with Crippen LogP contribution in [0.3, 0.4) is 0 Å². The molecule has 3 atom stereocenters. The van der Waals surface area contributed by atoms with E-state index in [0.717, 1.165) is 37.5 Å². The third-order valence-corrected chi connectivity index (χ3v) is 7.11. The van der Waals surface area contributed by atoms with Crippen molar-refractivity contribution in [1.82, 2.24) is 9.78 Å². The van der Waals surface area contributed by atoms with Crippen molar-refractivity contribution in [2.24, 2.45) is 0 Å². The molecule has 1 aromatic rings. The Hall–Kier alpha value is -0.920.